The number of nitrogens with one attached hydrogen (secondary N) is 5. The average molecular weight is 534 g/mol. The monoisotopic (exact) mass is 533 g/mol. The molecule has 0 radical (unpaired) electrons. The Labute approximate surface area is 216 Å². The van der Waals surface area contributed by atoms with Crippen LogP contribution in [0.4, 0.5) is 10.6 Å². The maximum Gasteiger partial charge on any atom is 0.408 e. The summed E-state index contributed by atoms with van der Waals surface area (Å²) in [5.41, 5.74) is 0.577. The molecular formula is C22H31N9O7. The molecule has 3 aromatic rings. The van der Waals surface area contributed by atoms with Gasteiger partial charge in [0.2, 0.25) is 5.91 Å². The van der Waals surface area contributed by atoms with Gasteiger partial charge in [0.25, 0.3) is 0 Å². The Hall–Kier alpha value is -3.86. The maximum absolute atomic E-state index is 13.3. The van der Waals surface area contributed by atoms with Gasteiger partial charge in [0.15, 0.2) is 17.7 Å². The van der Waals surface area contributed by atoms with Gasteiger partial charge < -0.3 is 50.7 Å². The zero-order chi connectivity index (χ0) is 27.4. The molecule has 1 aliphatic heterocycles. The van der Waals surface area contributed by atoms with E-state index in [0.29, 0.717) is 16.9 Å². The van der Waals surface area contributed by atoms with Crippen LogP contribution in [0.15, 0.2) is 25.2 Å². The highest BCUT2D eigenvalue weighted by Gasteiger charge is 2.46. The van der Waals surface area contributed by atoms with Crippen molar-refractivity contribution in [2.45, 2.75) is 69.4 Å². The number of carbonyl (C=O) groups is 2. The third kappa shape index (κ3) is 6.34. The lowest BCUT2D eigenvalue weighted by molar-refractivity contribution is -0.185. The normalized spacial score (nSPS) is 24.5. The van der Waals surface area contributed by atoms with Gasteiger partial charge in [-0.25, -0.2) is 24.7 Å². The number of aliphatic hydroxyl groups excluding tert-OH is 3. The Morgan fingerprint density at radius 3 is 2.63 bits per heavy atom. The fourth-order valence-electron chi connectivity index (χ4n) is 3.97. The van der Waals surface area contributed by atoms with E-state index in [4.69, 9.17) is 9.47 Å². The van der Waals surface area contributed by atoms with Crippen molar-refractivity contribution in [3.63, 3.8) is 0 Å². The Morgan fingerprint density at radius 1 is 1.16 bits per heavy atom. The summed E-state index contributed by atoms with van der Waals surface area (Å²) in [6.45, 7) is 4.45. The molecule has 206 valence electrons. The molecule has 1 saturated heterocycles. The summed E-state index contributed by atoms with van der Waals surface area (Å²) in [6.07, 6.45) is -0.606. The molecule has 4 heterocycles. The number of rotatable bonds is 8. The van der Waals surface area contributed by atoms with Crippen LogP contribution in [0, 0.1) is 0 Å². The number of hydrogen-bond acceptors (Lipinski definition) is 12. The van der Waals surface area contributed by atoms with Gasteiger partial charge in [0.05, 0.1) is 25.3 Å². The molecule has 8 N–H and O–H groups in total. The molecule has 0 saturated carbocycles. The molecule has 6 atom stereocenters. The molecule has 0 unspecified atom stereocenters. The van der Waals surface area contributed by atoms with Crippen molar-refractivity contribution < 1.29 is 34.4 Å². The fraction of sp³-hybridized carbons (Fsp3) is 0.545. The molecule has 4 rings (SSSR count). The number of aromatic nitrogens is 6. The second-order valence-corrected chi connectivity index (χ2v) is 9.74. The number of amides is 2. The number of alkyl carbamates (subject to hydrolysis) is 1. The van der Waals surface area contributed by atoms with E-state index in [1.165, 1.54) is 25.2 Å². The van der Waals surface area contributed by atoms with E-state index in [-0.39, 0.29) is 12.2 Å². The second kappa shape index (κ2) is 11.3. The van der Waals surface area contributed by atoms with Crippen molar-refractivity contribution >= 4 is 29.0 Å². The van der Waals surface area contributed by atoms with E-state index >= 15 is 0 Å². The molecule has 0 bridgehead atoms. The average Bonchev–Trinajstić information content (AvgIpc) is 3.54. The van der Waals surface area contributed by atoms with Gasteiger partial charge in [0.1, 0.15) is 41.8 Å². The van der Waals surface area contributed by atoms with E-state index in [9.17, 15) is 24.9 Å². The Bertz CT molecular complexity index is 1230. The summed E-state index contributed by atoms with van der Waals surface area (Å²) < 4.78 is 11.1. The van der Waals surface area contributed by atoms with E-state index in [1.807, 2.05) is 0 Å². The van der Waals surface area contributed by atoms with E-state index in [2.05, 4.69) is 45.9 Å². The summed E-state index contributed by atoms with van der Waals surface area (Å²) in [6, 6.07) is -2.36. The standard InChI is InChI=1S/C22H31N9O7/c1-22(2,3)38-21(36)29-11(4-10-5-23-7-24-10)19(35)30-13-12(6-32)37-20(16(34)15(13)33)31-18-14-17(26-8-25-14)27-9-28-18/h5,7-9,11-13,15-16,20,32-34H,4,6H2,1-3H3,(H,23,24)(H,29,36)(H,30,35)(H2,25,26,27,28,31)/t11-,12-,13-,15+,16-,20-/m0/s1. The minimum Gasteiger partial charge on any atom is -0.444 e. The van der Waals surface area contributed by atoms with Gasteiger partial charge >= 0.3 is 6.09 Å². The molecule has 16 nitrogen and oxygen atoms in total. The van der Waals surface area contributed by atoms with Gasteiger partial charge in [0, 0.05) is 18.3 Å². The number of imidazole rings is 2. The maximum atomic E-state index is 13.3. The molecular weight excluding hydrogens is 502 g/mol. The van der Waals surface area contributed by atoms with E-state index in [1.54, 1.807) is 20.8 Å². The van der Waals surface area contributed by atoms with Crippen LogP contribution in [0.2, 0.25) is 0 Å². The fourth-order valence-corrected chi connectivity index (χ4v) is 3.97. The number of aromatic amines is 2. The number of anilines is 1. The molecule has 16 heteroatoms. The number of ether oxygens (including phenoxy) is 2. The minimum atomic E-state index is -1.56. The van der Waals surface area contributed by atoms with Crippen LogP contribution in [0.3, 0.4) is 0 Å². The predicted octanol–water partition coefficient (Wildman–Crippen LogP) is -1.45. The molecule has 1 aliphatic rings. The quantitative estimate of drug-likeness (QED) is 0.166. The SMILES string of the molecule is CC(C)(C)OC(=O)N[C@@H](Cc1cnc[nH]1)C(=O)N[C@@H]1[C@@H](O)[C@H](O)[C@@H](Nc2ncnc3nc[nH]c23)O[C@H]1CO. The number of H-pyrrole nitrogens is 2. The summed E-state index contributed by atoms with van der Waals surface area (Å²) in [5.74, 6) is -0.450. The molecule has 0 spiro atoms. The lowest BCUT2D eigenvalue weighted by Gasteiger charge is -2.43. The predicted molar refractivity (Wildman–Crippen MR) is 130 cm³/mol. The Morgan fingerprint density at radius 2 is 1.95 bits per heavy atom. The van der Waals surface area contributed by atoms with Crippen LogP contribution in [0.25, 0.3) is 11.2 Å². The summed E-state index contributed by atoms with van der Waals surface area (Å²) in [4.78, 5) is 47.4. The van der Waals surface area contributed by atoms with Crippen LogP contribution in [-0.4, -0.2) is 106 Å². The van der Waals surface area contributed by atoms with Gasteiger partial charge in [-0.1, -0.05) is 0 Å². The highest BCUT2D eigenvalue weighted by Crippen LogP contribution is 2.24. The minimum absolute atomic E-state index is 0.0270. The Balaban J connectivity index is 1.47. The largest absolute Gasteiger partial charge is 0.444 e. The summed E-state index contributed by atoms with van der Waals surface area (Å²) in [5, 5.41) is 39.6. The van der Waals surface area contributed by atoms with Crippen LogP contribution in [0.5, 0.6) is 0 Å². The van der Waals surface area contributed by atoms with Crippen molar-refractivity contribution in [3.05, 3.63) is 30.9 Å². The van der Waals surface area contributed by atoms with Gasteiger partial charge in [-0.3, -0.25) is 4.79 Å². The number of carbonyl (C=O) groups excluding carboxylic acids is 2. The topological polar surface area (TPSA) is 233 Å². The summed E-state index contributed by atoms with van der Waals surface area (Å²) >= 11 is 0. The zero-order valence-corrected chi connectivity index (χ0v) is 21.0. The van der Waals surface area contributed by atoms with Crippen molar-refractivity contribution in [3.8, 4) is 0 Å². The number of nitrogens with zero attached hydrogens (tertiary/aromatic N) is 4. The second-order valence-electron chi connectivity index (χ2n) is 9.74. The number of aliphatic hydroxyl groups is 3. The molecule has 2 amide bonds. The molecule has 0 aromatic carbocycles. The first-order valence-corrected chi connectivity index (χ1v) is 11.9. The third-order valence-electron chi connectivity index (χ3n) is 5.73. The van der Waals surface area contributed by atoms with Crippen LogP contribution in [-0.2, 0) is 20.7 Å². The highest BCUT2D eigenvalue weighted by atomic mass is 16.6. The first-order valence-electron chi connectivity index (χ1n) is 11.9. The highest BCUT2D eigenvalue weighted by molar-refractivity contribution is 5.86. The van der Waals surface area contributed by atoms with Crippen LogP contribution < -0.4 is 16.0 Å². The van der Waals surface area contributed by atoms with Crippen molar-refractivity contribution in [1.29, 1.82) is 0 Å². The van der Waals surface area contributed by atoms with Crippen LogP contribution in [0.1, 0.15) is 26.5 Å². The summed E-state index contributed by atoms with van der Waals surface area (Å²) in [7, 11) is 0. The first kappa shape index (κ1) is 27.2. The molecule has 0 aliphatic carbocycles. The van der Waals surface area contributed by atoms with Crippen LogP contribution >= 0.6 is 0 Å². The first-order chi connectivity index (χ1) is 18.1. The molecule has 1 fully saturated rings. The number of hydrogen-bond donors (Lipinski definition) is 8. The lowest BCUT2D eigenvalue weighted by Crippen LogP contribution is -2.67. The van der Waals surface area contributed by atoms with Crippen molar-refractivity contribution in [2.75, 3.05) is 11.9 Å². The van der Waals surface area contributed by atoms with E-state index < -0.39 is 60.8 Å². The number of fused-ring (bicyclic) bond motifs is 1. The molecule has 3 aromatic heterocycles. The zero-order valence-electron chi connectivity index (χ0n) is 21.0. The smallest absolute Gasteiger partial charge is 0.408 e. The Kier molecular flexibility index (Phi) is 8.05. The van der Waals surface area contributed by atoms with E-state index in [0.717, 1.165) is 0 Å². The lowest BCUT2D eigenvalue weighted by atomic mass is 9.94. The van der Waals surface area contributed by atoms with Gasteiger partial charge in [-0.05, 0) is 20.8 Å². The van der Waals surface area contributed by atoms with Gasteiger partial charge in [-0.2, -0.15) is 0 Å². The molecule has 38 heavy (non-hydrogen) atoms. The third-order valence-corrected chi connectivity index (χ3v) is 5.73. The van der Waals surface area contributed by atoms with Crippen molar-refractivity contribution in [2.24, 2.45) is 0 Å². The van der Waals surface area contributed by atoms with Crippen molar-refractivity contribution in [1.82, 2.24) is 40.5 Å². The van der Waals surface area contributed by atoms with Gasteiger partial charge in [-0.15, -0.1) is 0 Å².